The zero-order chi connectivity index (χ0) is 18.1. The van der Waals surface area contributed by atoms with Crippen LogP contribution in [0.4, 0.5) is 0 Å². The molecule has 2 aliphatic rings. The molecule has 0 N–H and O–H groups in total. The van der Waals surface area contributed by atoms with E-state index in [9.17, 15) is 0 Å². The van der Waals surface area contributed by atoms with Gasteiger partial charge in [-0.05, 0) is 51.4 Å². The average Bonchev–Trinajstić information content (AvgIpc) is 2.46. The summed E-state index contributed by atoms with van der Waals surface area (Å²) in [7, 11) is 0. The van der Waals surface area contributed by atoms with E-state index in [0.29, 0.717) is 12.1 Å². The molecule has 0 aliphatic heterocycles. The van der Waals surface area contributed by atoms with Crippen molar-refractivity contribution in [3.05, 3.63) is 0 Å². The van der Waals surface area contributed by atoms with Gasteiger partial charge in [0.15, 0.2) is 0 Å². The Hall–Kier alpha value is 1.56. The Morgan fingerprint density at radius 1 is 0.750 bits per heavy atom. The van der Waals surface area contributed by atoms with Crippen molar-refractivity contribution in [2.24, 2.45) is 21.8 Å². The topological polar surface area (TPSA) is 24.7 Å². The van der Waals surface area contributed by atoms with E-state index in [0.717, 1.165) is 11.8 Å². The van der Waals surface area contributed by atoms with Gasteiger partial charge >= 0.3 is 47.3 Å². The minimum absolute atomic E-state index is 0.550. The van der Waals surface area contributed by atoms with Gasteiger partial charge in [-0.3, -0.25) is 9.98 Å². The van der Waals surface area contributed by atoms with Crippen LogP contribution < -0.4 is 0 Å². The van der Waals surface area contributed by atoms with E-state index in [2.05, 4.69) is 27.7 Å². The summed E-state index contributed by atoms with van der Waals surface area (Å²) in [4.78, 5) is 9.91. The first-order valence-corrected chi connectivity index (χ1v) is 21.2. The van der Waals surface area contributed by atoms with E-state index >= 15 is 0 Å². The summed E-state index contributed by atoms with van der Waals surface area (Å²) in [5.41, 5.74) is 2.37. The SMILES string of the molecule is CC(=NC1CCCC(C)C1)C(C)=NC1CCCC(C)C1.[Cl][Nd]([Cl])[Cl]. The summed E-state index contributed by atoms with van der Waals surface area (Å²) in [6.45, 7) is 9.04. The summed E-state index contributed by atoms with van der Waals surface area (Å²) >= 11 is -2.24. The molecule has 2 aliphatic carbocycles. The second kappa shape index (κ2) is 12.9. The van der Waals surface area contributed by atoms with Crippen molar-refractivity contribution in [1.29, 1.82) is 0 Å². The summed E-state index contributed by atoms with van der Waals surface area (Å²) in [6.07, 6.45) is 10.6. The van der Waals surface area contributed by atoms with Gasteiger partial charge < -0.3 is 0 Å². The zero-order valence-corrected chi connectivity index (χ0v) is 21.0. The van der Waals surface area contributed by atoms with Gasteiger partial charge in [-0.25, -0.2) is 0 Å². The standard InChI is InChI=1S/C18H32N2.3ClH.Nd/c1-13-7-5-9-17(11-13)19-15(3)16(4)20-18-10-6-8-14(2)12-18;;;;/h13-14,17-18H,5-12H2,1-4H3;3*1H;/q;;;;+3/p-3. The molecule has 0 bridgehead atoms. The summed E-state index contributed by atoms with van der Waals surface area (Å²) in [5, 5.41) is 0. The molecule has 0 aromatic heterocycles. The van der Waals surface area contributed by atoms with Crippen LogP contribution in [0.25, 0.3) is 0 Å². The number of halogens is 3. The molecule has 0 heterocycles. The van der Waals surface area contributed by atoms with Crippen LogP contribution in [0, 0.1) is 41.8 Å². The molecule has 0 spiro atoms. The fourth-order valence-electron chi connectivity index (χ4n) is 3.77. The Labute approximate surface area is 169 Å². The molecular formula is C18H32Cl3N2Nd. The van der Waals surface area contributed by atoms with Gasteiger partial charge in [0.25, 0.3) is 0 Å². The molecule has 0 amide bonds. The number of hydrogen-bond acceptors (Lipinski definition) is 2. The van der Waals surface area contributed by atoms with E-state index in [1.54, 1.807) is 0 Å². The van der Waals surface area contributed by atoms with Gasteiger partial charge in [0.1, 0.15) is 0 Å². The monoisotopic (exact) mass is 523 g/mol. The third-order valence-electron chi connectivity index (χ3n) is 5.09. The second-order valence-electron chi connectivity index (χ2n) is 7.49. The van der Waals surface area contributed by atoms with Crippen molar-refractivity contribution < 1.29 is 29.9 Å². The molecule has 2 rings (SSSR count). The Balaban J connectivity index is 0.000000648. The van der Waals surface area contributed by atoms with Crippen LogP contribution in [0.3, 0.4) is 0 Å². The molecule has 4 unspecified atom stereocenters. The van der Waals surface area contributed by atoms with E-state index in [1.807, 2.05) is 0 Å². The first-order valence-electron chi connectivity index (χ1n) is 9.20. The third kappa shape index (κ3) is 10.6. The molecule has 0 aromatic carbocycles. The Morgan fingerprint density at radius 3 is 1.38 bits per heavy atom. The average molecular weight is 527 g/mol. The Kier molecular flexibility index (Phi) is 12.6. The second-order valence-corrected chi connectivity index (χ2v) is 21.6. The number of hydrogen-bond donors (Lipinski definition) is 0. The van der Waals surface area contributed by atoms with Crippen LogP contribution in [-0.2, 0) is 0 Å². The molecule has 4 atom stereocenters. The van der Waals surface area contributed by atoms with Crippen LogP contribution in [-0.4, -0.2) is 23.5 Å². The number of aliphatic imine (C=N–C) groups is 2. The van der Waals surface area contributed by atoms with Gasteiger partial charge in [-0.2, -0.15) is 0 Å². The van der Waals surface area contributed by atoms with Crippen LogP contribution in [0.5, 0.6) is 0 Å². The van der Waals surface area contributed by atoms with Crippen molar-refractivity contribution in [2.45, 2.75) is 91.1 Å². The zero-order valence-electron chi connectivity index (χ0n) is 15.5. The first-order chi connectivity index (χ1) is 11.3. The molecule has 2 nitrogen and oxygen atoms in total. The molecule has 2 saturated carbocycles. The molecule has 139 valence electrons. The predicted octanol–water partition coefficient (Wildman–Crippen LogP) is 7.13. The normalized spacial score (nSPS) is 32.0. The molecule has 0 radical (unpaired) electrons. The van der Waals surface area contributed by atoms with Crippen LogP contribution >= 0.6 is 17.4 Å². The number of nitrogens with zero attached hydrogens (tertiary/aromatic N) is 2. The first kappa shape index (κ1) is 23.6. The Morgan fingerprint density at radius 2 is 1.08 bits per heavy atom. The van der Waals surface area contributed by atoms with Gasteiger partial charge in [0.2, 0.25) is 0 Å². The minimum atomic E-state index is -2.24. The molecule has 6 heteroatoms. The van der Waals surface area contributed by atoms with Crippen molar-refractivity contribution in [2.75, 3.05) is 0 Å². The van der Waals surface area contributed by atoms with Gasteiger partial charge in [-0.1, -0.05) is 39.5 Å². The van der Waals surface area contributed by atoms with Crippen LogP contribution in [0.2, 0.25) is 0 Å². The maximum absolute atomic E-state index is 5.02. The Bertz CT molecular complexity index is 388. The molecular weight excluding hydrogens is 495 g/mol. The third-order valence-corrected chi connectivity index (χ3v) is 5.09. The van der Waals surface area contributed by atoms with Gasteiger partial charge in [0, 0.05) is 0 Å². The summed E-state index contributed by atoms with van der Waals surface area (Å²) in [6, 6.07) is 1.10. The van der Waals surface area contributed by atoms with Gasteiger partial charge in [-0.15, -0.1) is 0 Å². The van der Waals surface area contributed by atoms with E-state index in [4.69, 9.17) is 27.4 Å². The predicted molar refractivity (Wildman–Crippen MR) is 107 cm³/mol. The van der Waals surface area contributed by atoms with Crippen molar-refractivity contribution in [1.82, 2.24) is 0 Å². The maximum atomic E-state index is 5.02. The van der Waals surface area contributed by atoms with Crippen molar-refractivity contribution in [3.8, 4) is 0 Å². The van der Waals surface area contributed by atoms with Gasteiger partial charge in [0.05, 0.1) is 23.5 Å². The summed E-state index contributed by atoms with van der Waals surface area (Å²) < 4.78 is 0. The van der Waals surface area contributed by atoms with Crippen molar-refractivity contribution in [3.63, 3.8) is 0 Å². The van der Waals surface area contributed by atoms with E-state index in [-0.39, 0.29) is 0 Å². The molecule has 24 heavy (non-hydrogen) atoms. The van der Waals surface area contributed by atoms with E-state index in [1.165, 1.54) is 62.8 Å². The fraction of sp³-hybridized carbons (Fsp3) is 0.889. The van der Waals surface area contributed by atoms with Crippen LogP contribution in [0.1, 0.15) is 79.1 Å². The van der Waals surface area contributed by atoms with Crippen LogP contribution in [0.15, 0.2) is 9.98 Å². The molecule has 0 saturated heterocycles. The molecule has 2 fully saturated rings. The summed E-state index contributed by atoms with van der Waals surface area (Å²) in [5.74, 6) is 16.8. The quantitative estimate of drug-likeness (QED) is 0.349. The van der Waals surface area contributed by atoms with E-state index < -0.39 is 29.9 Å². The fourth-order valence-corrected chi connectivity index (χ4v) is 3.77. The molecule has 0 aromatic rings. The van der Waals surface area contributed by atoms with Crippen molar-refractivity contribution >= 4 is 28.8 Å². The number of rotatable bonds is 3.